The van der Waals surface area contributed by atoms with Gasteiger partial charge < -0.3 is 20.6 Å². The van der Waals surface area contributed by atoms with Crippen molar-refractivity contribution in [3.63, 3.8) is 0 Å². The number of hydrogen-bond acceptors (Lipinski definition) is 3. The molecule has 7 nitrogen and oxygen atoms in total. The number of carbonyl (C=O) groups is 3. The van der Waals surface area contributed by atoms with Gasteiger partial charge in [0.25, 0.3) is 0 Å². The number of urea groups is 1. The predicted molar refractivity (Wildman–Crippen MR) is 59.8 cm³/mol. The van der Waals surface area contributed by atoms with Crippen molar-refractivity contribution >= 4 is 17.9 Å². The molecule has 1 saturated heterocycles. The summed E-state index contributed by atoms with van der Waals surface area (Å²) in [6, 6.07) is -1.18. The van der Waals surface area contributed by atoms with Crippen LogP contribution in [0.2, 0.25) is 0 Å². The number of halogens is 3. The van der Waals surface area contributed by atoms with Crippen molar-refractivity contribution in [2.24, 2.45) is 0 Å². The largest absolute Gasteiger partial charge is 0.479 e. The van der Waals surface area contributed by atoms with E-state index in [1.54, 1.807) is 0 Å². The summed E-state index contributed by atoms with van der Waals surface area (Å²) in [4.78, 5) is 34.5. The van der Waals surface area contributed by atoms with Crippen LogP contribution in [0.15, 0.2) is 0 Å². The number of nitrogens with zero attached hydrogens (tertiary/aromatic N) is 1. The number of carboxylic acid groups (broad SMARTS) is 1. The SMILES string of the molecule is CC(NC(=O)N1CCNC(=O)CC1)(C(=O)O)C(F)(F)F. The van der Waals surface area contributed by atoms with E-state index in [1.807, 2.05) is 0 Å². The molecule has 1 fully saturated rings. The normalized spacial score (nSPS) is 19.6. The molecule has 3 N–H and O–H groups in total. The fraction of sp³-hybridized carbons (Fsp3) is 0.700. The number of rotatable bonds is 2. The lowest BCUT2D eigenvalue weighted by atomic mass is 10.0. The molecule has 0 aromatic rings. The molecule has 1 rings (SSSR count). The van der Waals surface area contributed by atoms with E-state index in [-0.39, 0.29) is 32.0 Å². The number of alkyl halides is 3. The van der Waals surface area contributed by atoms with Gasteiger partial charge in [0.05, 0.1) is 0 Å². The molecule has 1 aliphatic heterocycles. The zero-order valence-electron chi connectivity index (χ0n) is 10.6. The number of nitrogens with one attached hydrogen (secondary N) is 2. The second-order valence-corrected chi connectivity index (χ2v) is 4.45. The predicted octanol–water partition coefficient (Wildman–Crippen LogP) is -0.0765. The van der Waals surface area contributed by atoms with E-state index in [0.717, 1.165) is 4.90 Å². The first kappa shape index (κ1) is 16.1. The van der Waals surface area contributed by atoms with Crippen LogP contribution in [-0.2, 0) is 9.59 Å². The molecule has 0 bridgehead atoms. The van der Waals surface area contributed by atoms with Gasteiger partial charge in [-0.3, -0.25) is 4.79 Å². The number of aliphatic carboxylic acids is 1. The number of amides is 3. The van der Waals surface area contributed by atoms with Gasteiger partial charge in [-0.25, -0.2) is 9.59 Å². The van der Waals surface area contributed by atoms with E-state index in [4.69, 9.17) is 5.11 Å². The Balaban J connectivity index is 2.82. The summed E-state index contributed by atoms with van der Waals surface area (Å²) in [5, 5.41) is 12.6. The van der Waals surface area contributed by atoms with Crippen molar-refractivity contribution in [3.05, 3.63) is 0 Å². The summed E-state index contributed by atoms with van der Waals surface area (Å²) in [5.74, 6) is -2.53. The molecule has 0 aromatic carbocycles. The molecule has 10 heteroatoms. The van der Waals surface area contributed by atoms with Crippen LogP contribution >= 0.6 is 0 Å². The Morgan fingerprint density at radius 1 is 1.35 bits per heavy atom. The van der Waals surface area contributed by atoms with E-state index >= 15 is 0 Å². The third-order valence-electron chi connectivity index (χ3n) is 2.95. The van der Waals surface area contributed by atoms with Crippen LogP contribution in [0.25, 0.3) is 0 Å². The summed E-state index contributed by atoms with van der Waals surface area (Å²) in [5.41, 5.74) is -3.38. The highest BCUT2D eigenvalue weighted by Crippen LogP contribution is 2.30. The molecule has 1 atom stereocenters. The van der Waals surface area contributed by atoms with E-state index in [0.29, 0.717) is 6.92 Å². The molecule has 3 amide bonds. The Morgan fingerprint density at radius 3 is 2.45 bits per heavy atom. The molecule has 0 aromatic heterocycles. The Morgan fingerprint density at radius 2 is 1.95 bits per heavy atom. The van der Waals surface area contributed by atoms with Gasteiger partial charge in [-0.05, 0) is 6.92 Å². The minimum Gasteiger partial charge on any atom is -0.479 e. The first-order valence-corrected chi connectivity index (χ1v) is 5.72. The lowest BCUT2D eigenvalue weighted by Crippen LogP contribution is -2.64. The van der Waals surface area contributed by atoms with E-state index in [9.17, 15) is 27.6 Å². The maximum Gasteiger partial charge on any atom is 0.422 e. The van der Waals surface area contributed by atoms with Gasteiger partial charge in [0, 0.05) is 26.1 Å². The molecular weight excluding hydrogens is 283 g/mol. The zero-order chi connectivity index (χ0) is 15.6. The van der Waals surface area contributed by atoms with Gasteiger partial charge in [0.15, 0.2) is 0 Å². The molecule has 0 spiro atoms. The van der Waals surface area contributed by atoms with Crippen molar-refractivity contribution < 1.29 is 32.7 Å². The van der Waals surface area contributed by atoms with Crippen LogP contribution in [0.1, 0.15) is 13.3 Å². The van der Waals surface area contributed by atoms with Gasteiger partial charge >= 0.3 is 18.2 Å². The average Bonchev–Trinajstić information content (AvgIpc) is 2.52. The summed E-state index contributed by atoms with van der Waals surface area (Å²) in [7, 11) is 0. The Bertz CT molecular complexity index is 426. The number of carboxylic acids is 1. The maximum atomic E-state index is 12.7. The van der Waals surface area contributed by atoms with Crippen molar-refractivity contribution in [2.45, 2.75) is 25.1 Å². The van der Waals surface area contributed by atoms with Crippen LogP contribution < -0.4 is 10.6 Å². The van der Waals surface area contributed by atoms with Crippen LogP contribution in [0.5, 0.6) is 0 Å². The van der Waals surface area contributed by atoms with Crippen LogP contribution in [0.3, 0.4) is 0 Å². The van der Waals surface area contributed by atoms with Crippen LogP contribution in [0, 0.1) is 0 Å². The van der Waals surface area contributed by atoms with E-state index < -0.39 is 23.7 Å². The molecule has 114 valence electrons. The third kappa shape index (κ3) is 3.31. The minimum atomic E-state index is -5.14. The minimum absolute atomic E-state index is 0.00509. The van der Waals surface area contributed by atoms with Crippen molar-refractivity contribution in [2.75, 3.05) is 19.6 Å². The van der Waals surface area contributed by atoms with Gasteiger partial charge in [0.1, 0.15) is 0 Å². The first-order chi connectivity index (χ1) is 9.08. The van der Waals surface area contributed by atoms with E-state index in [2.05, 4.69) is 5.32 Å². The average molecular weight is 297 g/mol. The molecule has 0 saturated carbocycles. The summed E-state index contributed by atoms with van der Waals surface area (Å²) in [6.45, 7) is 0.396. The summed E-state index contributed by atoms with van der Waals surface area (Å²) in [6.07, 6.45) is -5.20. The smallest absolute Gasteiger partial charge is 0.422 e. The first-order valence-electron chi connectivity index (χ1n) is 5.72. The van der Waals surface area contributed by atoms with Crippen LogP contribution in [-0.4, -0.2) is 59.3 Å². The van der Waals surface area contributed by atoms with E-state index in [1.165, 1.54) is 5.32 Å². The van der Waals surface area contributed by atoms with Crippen molar-refractivity contribution in [1.29, 1.82) is 0 Å². The molecule has 0 aliphatic carbocycles. The zero-order valence-corrected chi connectivity index (χ0v) is 10.6. The topological polar surface area (TPSA) is 98.7 Å². The fourth-order valence-electron chi connectivity index (χ4n) is 1.51. The van der Waals surface area contributed by atoms with Gasteiger partial charge in [0.2, 0.25) is 11.4 Å². The number of carbonyl (C=O) groups excluding carboxylic acids is 2. The second kappa shape index (κ2) is 5.55. The monoisotopic (exact) mass is 297 g/mol. The van der Waals surface area contributed by atoms with Gasteiger partial charge in [-0.15, -0.1) is 0 Å². The summed E-state index contributed by atoms with van der Waals surface area (Å²) >= 11 is 0. The molecule has 20 heavy (non-hydrogen) atoms. The fourth-order valence-corrected chi connectivity index (χ4v) is 1.51. The Labute approximate surface area is 112 Å². The molecular formula is C10H14F3N3O4. The van der Waals surface area contributed by atoms with Crippen LogP contribution in [0.4, 0.5) is 18.0 Å². The molecule has 1 unspecified atom stereocenters. The summed E-state index contributed by atoms with van der Waals surface area (Å²) < 4.78 is 38.2. The number of hydrogen-bond donors (Lipinski definition) is 3. The maximum absolute atomic E-state index is 12.7. The highest BCUT2D eigenvalue weighted by molar-refractivity contribution is 5.87. The third-order valence-corrected chi connectivity index (χ3v) is 2.95. The lowest BCUT2D eigenvalue weighted by Gasteiger charge is -2.31. The Hall–Kier alpha value is -2.00. The highest BCUT2D eigenvalue weighted by Gasteiger charge is 2.58. The second-order valence-electron chi connectivity index (χ2n) is 4.45. The van der Waals surface area contributed by atoms with Crippen molar-refractivity contribution in [3.8, 4) is 0 Å². The van der Waals surface area contributed by atoms with Gasteiger partial charge in [-0.1, -0.05) is 0 Å². The quantitative estimate of drug-likeness (QED) is 0.664. The Kier molecular flexibility index (Phi) is 4.46. The lowest BCUT2D eigenvalue weighted by molar-refractivity contribution is -0.203. The molecule has 1 heterocycles. The van der Waals surface area contributed by atoms with Crippen molar-refractivity contribution in [1.82, 2.24) is 15.5 Å². The van der Waals surface area contributed by atoms with Gasteiger partial charge in [-0.2, -0.15) is 13.2 Å². The standard InChI is InChI=1S/C10H14F3N3O4/c1-9(7(18)19,10(11,12)13)15-8(20)16-4-2-6(17)14-3-5-16/h2-5H2,1H3,(H,14,17)(H,15,20)(H,18,19). The molecule has 0 radical (unpaired) electrons. The molecule has 1 aliphatic rings. The highest BCUT2D eigenvalue weighted by atomic mass is 19.4.